The van der Waals surface area contributed by atoms with Crippen molar-refractivity contribution in [2.75, 3.05) is 19.8 Å². The Balaban J connectivity index is 0.000000291. The van der Waals surface area contributed by atoms with Crippen molar-refractivity contribution in [2.45, 2.75) is 13.8 Å². The summed E-state index contributed by atoms with van der Waals surface area (Å²) < 4.78 is 4.77. The van der Waals surface area contributed by atoms with Crippen LogP contribution in [-0.4, -0.2) is 25.7 Å². The van der Waals surface area contributed by atoms with E-state index in [2.05, 4.69) is 5.32 Å². The second-order valence-electron chi connectivity index (χ2n) is 1.40. The molecule has 1 amide bonds. The Morgan fingerprint density at radius 3 is 2.44 bits per heavy atom. The minimum atomic E-state index is -0.00810. The van der Waals surface area contributed by atoms with Crippen LogP contribution < -0.4 is 5.32 Å². The molecule has 9 heavy (non-hydrogen) atoms. The third-order valence-electron chi connectivity index (χ3n) is 0.802. The monoisotopic (exact) mass is 131 g/mol. The predicted molar refractivity (Wildman–Crippen MR) is 35.2 cm³/mol. The number of nitrogens with one attached hydrogen (secondary N) is 1. The molecule has 0 aromatic carbocycles. The van der Waals surface area contributed by atoms with Crippen molar-refractivity contribution in [3.63, 3.8) is 0 Å². The summed E-state index contributed by atoms with van der Waals surface area (Å²) in [5.74, 6) is -0.00810. The third-order valence-corrected chi connectivity index (χ3v) is 0.802. The molecular weight excluding hydrogens is 118 g/mol. The van der Waals surface area contributed by atoms with E-state index < -0.39 is 0 Å². The zero-order valence-corrected chi connectivity index (χ0v) is 5.94. The Morgan fingerprint density at radius 2 is 2.22 bits per heavy atom. The minimum absolute atomic E-state index is 0.00810. The van der Waals surface area contributed by atoms with E-state index in [9.17, 15) is 4.79 Å². The molecule has 1 aliphatic rings. The molecule has 1 saturated heterocycles. The number of amides is 1. The highest BCUT2D eigenvalue weighted by atomic mass is 16.5. The smallest absolute Gasteiger partial charge is 0.246 e. The third kappa shape index (κ3) is 3.97. The number of hydrogen-bond acceptors (Lipinski definition) is 2. The number of rotatable bonds is 0. The Morgan fingerprint density at radius 1 is 1.56 bits per heavy atom. The van der Waals surface area contributed by atoms with Gasteiger partial charge in [-0.3, -0.25) is 4.79 Å². The van der Waals surface area contributed by atoms with Crippen LogP contribution in [0.1, 0.15) is 13.8 Å². The average molecular weight is 131 g/mol. The van der Waals surface area contributed by atoms with Gasteiger partial charge < -0.3 is 10.1 Å². The van der Waals surface area contributed by atoms with Crippen LogP contribution in [0.5, 0.6) is 0 Å². The summed E-state index contributed by atoms with van der Waals surface area (Å²) in [7, 11) is 0. The molecule has 1 aliphatic heterocycles. The topological polar surface area (TPSA) is 38.3 Å². The number of hydrogen-bond donors (Lipinski definition) is 1. The summed E-state index contributed by atoms with van der Waals surface area (Å²) in [6.45, 7) is 5.56. The normalized spacial score (nSPS) is 17.3. The van der Waals surface area contributed by atoms with Crippen LogP contribution in [0.15, 0.2) is 0 Å². The van der Waals surface area contributed by atoms with E-state index in [4.69, 9.17) is 4.74 Å². The maximum Gasteiger partial charge on any atom is 0.246 e. The zero-order chi connectivity index (χ0) is 7.11. The van der Waals surface area contributed by atoms with Gasteiger partial charge in [0, 0.05) is 6.54 Å². The van der Waals surface area contributed by atoms with Gasteiger partial charge in [-0.1, -0.05) is 13.8 Å². The number of carbonyl (C=O) groups is 1. The molecule has 1 N–H and O–H groups in total. The molecule has 0 atom stereocenters. The Hall–Kier alpha value is -0.570. The first-order chi connectivity index (χ1) is 4.39. The second kappa shape index (κ2) is 5.56. The van der Waals surface area contributed by atoms with Crippen LogP contribution in [0.4, 0.5) is 0 Å². The Bertz CT molecular complexity index is 75.1. The van der Waals surface area contributed by atoms with Gasteiger partial charge in [-0.2, -0.15) is 0 Å². The first-order valence-corrected chi connectivity index (χ1v) is 3.24. The summed E-state index contributed by atoms with van der Waals surface area (Å²) in [5.41, 5.74) is 0. The van der Waals surface area contributed by atoms with Crippen molar-refractivity contribution in [2.24, 2.45) is 0 Å². The van der Waals surface area contributed by atoms with Crippen LogP contribution in [0, 0.1) is 0 Å². The van der Waals surface area contributed by atoms with Crippen LogP contribution in [0.25, 0.3) is 0 Å². The fourth-order valence-corrected chi connectivity index (χ4v) is 0.479. The van der Waals surface area contributed by atoms with E-state index >= 15 is 0 Å². The van der Waals surface area contributed by atoms with Gasteiger partial charge in [0.25, 0.3) is 0 Å². The van der Waals surface area contributed by atoms with Crippen molar-refractivity contribution in [1.82, 2.24) is 5.32 Å². The predicted octanol–water partition coefficient (Wildman–Crippen LogP) is 0.159. The second-order valence-corrected chi connectivity index (χ2v) is 1.40. The molecule has 3 nitrogen and oxygen atoms in total. The number of morpholine rings is 1. The van der Waals surface area contributed by atoms with Crippen LogP contribution >= 0.6 is 0 Å². The molecular formula is C6H13NO2. The van der Waals surface area contributed by atoms with Gasteiger partial charge >= 0.3 is 0 Å². The fraction of sp³-hybridized carbons (Fsp3) is 0.833. The molecule has 1 fully saturated rings. The maximum atomic E-state index is 10.2. The molecule has 0 aromatic heterocycles. The number of ether oxygens (including phenoxy) is 1. The standard InChI is InChI=1S/C4H7NO2.C2H6/c6-4-3-7-2-1-5-4;1-2/h1-3H2,(H,5,6);1-2H3. The largest absolute Gasteiger partial charge is 0.370 e. The van der Waals surface area contributed by atoms with Gasteiger partial charge in [-0.25, -0.2) is 0 Å². The van der Waals surface area contributed by atoms with Gasteiger partial charge in [-0.05, 0) is 0 Å². The van der Waals surface area contributed by atoms with E-state index in [-0.39, 0.29) is 12.5 Å². The highest BCUT2D eigenvalue weighted by molar-refractivity contribution is 5.77. The van der Waals surface area contributed by atoms with Crippen LogP contribution in [0.2, 0.25) is 0 Å². The first kappa shape index (κ1) is 8.43. The molecule has 1 rings (SSSR count). The lowest BCUT2D eigenvalue weighted by molar-refractivity contribution is -0.128. The molecule has 0 saturated carbocycles. The summed E-state index contributed by atoms with van der Waals surface area (Å²) >= 11 is 0. The molecule has 0 unspecified atom stereocenters. The summed E-state index contributed by atoms with van der Waals surface area (Å²) in [6, 6.07) is 0. The van der Waals surface area contributed by atoms with E-state index in [0.29, 0.717) is 13.2 Å². The van der Waals surface area contributed by atoms with Crippen LogP contribution in [-0.2, 0) is 9.53 Å². The fourth-order valence-electron chi connectivity index (χ4n) is 0.479. The zero-order valence-electron chi connectivity index (χ0n) is 5.94. The average Bonchev–Trinajstić information content (AvgIpc) is 1.94. The van der Waals surface area contributed by atoms with Gasteiger partial charge in [0.05, 0.1) is 6.61 Å². The SMILES string of the molecule is CC.O=C1COCCN1. The van der Waals surface area contributed by atoms with Gasteiger partial charge in [0.15, 0.2) is 0 Å². The van der Waals surface area contributed by atoms with E-state index in [1.165, 1.54) is 0 Å². The Kier molecular flexibility index (Phi) is 5.21. The highest BCUT2D eigenvalue weighted by Crippen LogP contribution is 1.79. The molecule has 0 aromatic rings. The van der Waals surface area contributed by atoms with Crippen molar-refractivity contribution in [3.05, 3.63) is 0 Å². The van der Waals surface area contributed by atoms with Crippen molar-refractivity contribution in [1.29, 1.82) is 0 Å². The van der Waals surface area contributed by atoms with E-state index in [1.54, 1.807) is 0 Å². The lowest BCUT2D eigenvalue weighted by Crippen LogP contribution is -2.36. The van der Waals surface area contributed by atoms with Crippen molar-refractivity contribution >= 4 is 5.91 Å². The molecule has 0 spiro atoms. The quantitative estimate of drug-likeness (QED) is 0.508. The summed E-state index contributed by atoms with van der Waals surface area (Å²) in [5, 5.41) is 2.62. The van der Waals surface area contributed by atoms with Crippen molar-refractivity contribution < 1.29 is 9.53 Å². The Labute approximate surface area is 55.4 Å². The highest BCUT2D eigenvalue weighted by Gasteiger charge is 2.04. The minimum Gasteiger partial charge on any atom is -0.370 e. The van der Waals surface area contributed by atoms with E-state index in [0.717, 1.165) is 0 Å². The summed E-state index contributed by atoms with van der Waals surface area (Å²) in [6.07, 6.45) is 0. The molecule has 3 heteroatoms. The summed E-state index contributed by atoms with van der Waals surface area (Å²) in [4.78, 5) is 10.2. The molecule has 0 radical (unpaired) electrons. The van der Waals surface area contributed by atoms with E-state index in [1.807, 2.05) is 13.8 Å². The molecule has 54 valence electrons. The maximum absolute atomic E-state index is 10.2. The van der Waals surface area contributed by atoms with Gasteiger partial charge in [0.2, 0.25) is 5.91 Å². The lowest BCUT2D eigenvalue weighted by atomic mass is 10.5. The van der Waals surface area contributed by atoms with Crippen LogP contribution in [0.3, 0.4) is 0 Å². The van der Waals surface area contributed by atoms with Crippen molar-refractivity contribution in [3.8, 4) is 0 Å². The number of carbonyl (C=O) groups excluding carboxylic acids is 1. The van der Waals surface area contributed by atoms with Gasteiger partial charge in [-0.15, -0.1) is 0 Å². The molecule has 0 bridgehead atoms. The lowest BCUT2D eigenvalue weighted by Gasteiger charge is -2.10. The van der Waals surface area contributed by atoms with Gasteiger partial charge in [0.1, 0.15) is 6.61 Å². The molecule has 1 heterocycles. The molecule has 0 aliphatic carbocycles. The first-order valence-electron chi connectivity index (χ1n) is 3.24.